The van der Waals surface area contributed by atoms with E-state index in [-0.39, 0.29) is 12.1 Å². The largest absolute Gasteiger partial charge is 0.493 e. The van der Waals surface area contributed by atoms with Crippen molar-refractivity contribution in [1.29, 1.82) is 0 Å². The number of thiocarbonyl (C=S) groups is 1. The molecule has 2 aromatic rings. The van der Waals surface area contributed by atoms with Crippen molar-refractivity contribution in [3.05, 3.63) is 28.8 Å². The van der Waals surface area contributed by atoms with Crippen LogP contribution in [0.2, 0.25) is 0 Å². The van der Waals surface area contributed by atoms with Gasteiger partial charge in [-0.3, -0.25) is 4.39 Å². The molecule has 0 atom stereocenters. The molecule has 0 saturated carbocycles. The fraction of sp³-hybridized carbons (Fsp3) is 0.625. The molecule has 0 bridgehead atoms. The molecule has 0 aliphatic rings. The Morgan fingerprint density at radius 1 is 1.03 bits per heavy atom. The number of aromatic nitrogens is 2. The molecule has 8 heteroatoms. The van der Waals surface area contributed by atoms with Gasteiger partial charge in [0.15, 0.2) is 0 Å². The van der Waals surface area contributed by atoms with E-state index < -0.39 is 0 Å². The third-order valence-corrected chi connectivity index (χ3v) is 7.02. The molecule has 0 saturated heterocycles. The number of nitrogens with one attached hydrogen (secondary N) is 1. The smallest absolute Gasteiger partial charge is 0.210 e. The summed E-state index contributed by atoms with van der Waals surface area (Å²) in [6.45, 7) is 9.39. The number of hydrogen-bond donors (Lipinski definition) is 1. The first-order valence-corrected chi connectivity index (χ1v) is 12.9. The Morgan fingerprint density at radius 3 is 2.19 bits per heavy atom. The van der Waals surface area contributed by atoms with Crippen molar-refractivity contribution >= 4 is 33.7 Å². The molecule has 0 radical (unpaired) electrons. The van der Waals surface area contributed by atoms with E-state index in [2.05, 4.69) is 43.2 Å². The second kappa shape index (κ2) is 13.7. The van der Waals surface area contributed by atoms with Crippen molar-refractivity contribution in [1.82, 2.24) is 10.2 Å². The number of hydrogen-bond acceptors (Lipinski definition) is 6. The molecule has 5 nitrogen and oxygen atoms in total. The molecule has 0 unspecified atom stereocenters. The normalized spacial score (nSPS) is 11.4. The quantitative estimate of drug-likeness (QED) is 0.216. The monoisotopic (exact) mass is 481 g/mol. The number of anilines is 1. The zero-order valence-corrected chi connectivity index (χ0v) is 21.3. The van der Waals surface area contributed by atoms with Crippen molar-refractivity contribution in [3.63, 3.8) is 0 Å². The fourth-order valence-electron chi connectivity index (χ4n) is 3.62. The van der Waals surface area contributed by atoms with Crippen molar-refractivity contribution in [2.75, 3.05) is 25.2 Å². The molecule has 32 heavy (non-hydrogen) atoms. The Balaban J connectivity index is 2.26. The molecule has 178 valence electrons. The predicted octanol–water partition coefficient (Wildman–Crippen LogP) is 7.10. The zero-order valence-electron chi connectivity index (χ0n) is 19.7. The third kappa shape index (κ3) is 6.85. The summed E-state index contributed by atoms with van der Waals surface area (Å²) in [5, 5.41) is 13.7. The molecule has 0 aliphatic heterocycles. The topological polar surface area (TPSA) is 56.3 Å². The Kier molecular flexibility index (Phi) is 11.3. The van der Waals surface area contributed by atoms with E-state index in [9.17, 15) is 4.39 Å². The van der Waals surface area contributed by atoms with Crippen LogP contribution in [0.3, 0.4) is 0 Å². The average Bonchev–Trinajstić information content (AvgIpc) is 3.28. The molecule has 0 fully saturated rings. The van der Waals surface area contributed by atoms with Gasteiger partial charge in [-0.15, -0.1) is 10.2 Å². The SMILES string of the molecule is CCCOc1cccc(OCCC)c1C(=S)Nc1nnc(C(CC)(CC)CCCCF)s1. The Labute approximate surface area is 201 Å². The van der Waals surface area contributed by atoms with E-state index in [0.29, 0.717) is 41.3 Å². The second-order valence-electron chi connectivity index (χ2n) is 7.83. The average molecular weight is 482 g/mol. The number of benzene rings is 1. The number of alkyl halides is 1. The summed E-state index contributed by atoms with van der Waals surface area (Å²) in [5.41, 5.74) is 0.660. The number of rotatable bonds is 15. The minimum absolute atomic E-state index is 0.0775. The van der Waals surface area contributed by atoms with Gasteiger partial charge in [0.05, 0.1) is 25.5 Å². The number of halogens is 1. The van der Waals surface area contributed by atoms with Crippen LogP contribution in [0.25, 0.3) is 0 Å². The highest BCUT2D eigenvalue weighted by atomic mass is 32.1. The van der Waals surface area contributed by atoms with Gasteiger partial charge in [0, 0.05) is 5.41 Å². The van der Waals surface area contributed by atoms with Crippen LogP contribution in [0.4, 0.5) is 9.52 Å². The van der Waals surface area contributed by atoms with Crippen LogP contribution >= 0.6 is 23.6 Å². The maximum absolute atomic E-state index is 12.6. The maximum Gasteiger partial charge on any atom is 0.210 e. The molecule has 1 heterocycles. The maximum atomic E-state index is 12.6. The highest BCUT2D eigenvalue weighted by Crippen LogP contribution is 2.40. The zero-order chi connectivity index (χ0) is 23.4. The lowest BCUT2D eigenvalue weighted by atomic mass is 9.78. The summed E-state index contributed by atoms with van der Waals surface area (Å²) in [5.74, 6) is 1.40. The van der Waals surface area contributed by atoms with Crippen LogP contribution in [-0.4, -0.2) is 35.1 Å². The molecular formula is C24H36FN3O2S2. The lowest BCUT2D eigenvalue weighted by Crippen LogP contribution is -2.24. The van der Waals surface area contributed by atoms with Crippen LogP contribution in [0.1, 0.15) is 83.2 Å². The van der Waals surface area contributed by atoms with Crippen LogP contribution in [-0.2, 0) is 5.41 Å². The van der Waals surface area contributed by atoms with E-state index in [0.717, 1.165) is 49.1 Å². The first-order chi connectivity index (χ1) is 15.5. The molecule has 0 spiro atoms. The third-order valence-electron chi connectivity index (χ3n) is 5.63. The fourth-order valence-corrected chi connectivity index (χ4v) is 5.09. The van der Waals surface area contributed by atoms with Crippen molar-refractivity contribution in [2.24, 2.45) is 0 Å². The first kappa shape index (κ1) is 26.5. The minimum Gasteiger partial charge on any atom is -0.493 e. The highest BCUT2D eigenvalue weighted by molar-refractivity contribution is 7.81. The van der Waals surface area contributed by atoms with Gasteiger partial charge in [0.25, 0.3) is 0 Å². The van der Waals surface area contributed by atoms with Gasteiger partial charge in [0.1, 0.15) is 21.5 Å². The summed E-state index contributed by atoms with van der Waals surface area (Å²) in [4.78, 5) is 0.501. The standard InChI is InChI=1S/C24H36FN3O2S2/c1-5-16-29-18-12-11-13-19(30-17-6-2)20(18)21(31)26-23-28-27-22(32-23)24(7-3,8-4)14-9-10-15-25/h11-13H,5-10,14-17H2,1-4H3,(H,26,28,31). The van der Waals surface area contributed by atoms with Crippen LogP contribution in [0.5, 0.6) is 11.5 Å². The van der Waals surface area contributed by atoms with Gasteiger partial charge in [-0.05, 0) is 57.1 Å². The molecule has 2 rings (SSSR count). The van der Waals surface area contributed by atoms with Gasteiger partial charge in [-0.25, -0.2) is 0 Å². The van der Waals surface area contributed by atoms with Gasteiger partial charge in [0.2, 0.25) is 5.13 Å². The number of nitrogens with zero attached hydrogens (tertiary/aromatic N) is 2. The summed E-state index contributed by atoms with van der Waals surface area (Å²) >= 11 is 7.27. The number of ether oxygens (including phenoxy) is 2. The van der Waals surface area contributed by atoms with Gasteiger partial charge in [-0.2, -0.15) is 0 Å². The Morgan fingerprint density at radius 2 is 1.66 bits per heavy atom. The number of unbranched alkanes of at least 4 members (excludes halogenated alkanes) is 1. The van der Waals surface area contributed by atoms with Crippen molar-refractivity contribution < 1.29 is 13.9 Å². The highest BCUT2D eigenvalue weighted by Gasteiger charge is 2.32. The minimum atomic E-state index is -0.275. The lowest BCUT2D eigenvalue weighted by molar-refractivity contribution is 0.300. The molecular weight excluding hydrogens is 445 g/mol. The summed E-state index contributed by atoms with van der Waals surface area (Å²) in [7, 11) is 0. The van der Waals surface area contributed by atoms with Crippen LogP contribution in [0.15, 0.2) is 18.2 Å². The van der Waals surface area contributed by atoms with Gasteiger partial charge >= 0.3 is 0 Å². The Hall–Kier alpha value is -1.80. The van der Waals surface area contributed by atoms with E-state index in [1.54, 1.807) is 0 Å². The molecule has 1 aromatic heterocycles. The van der Waals surface area contributed by atoms with Gasteiger partial charge in [-0.1, -0.05) is 57.3 Å². The van der Waals surface area contributed by atoms with Crippen LogP contribution < -0.4 is 14.8 Å². The van der Waals surface area contributed by atoms with Crippen molar-refractivity contribution in [3.8, 4) is 11.5 Å². The van der Waals surface area contributed by atoms with E-state index in [1.807, 2.05) is 18.2 Å². The molecule has 1 aromatic carbocycles. The second-order valence-corrected chi connectivity index (χ2v) is 9.21. The van der Waals surface area contributed by atoms with E-state index in [4.69, 9.17) is 21.7 Å². The lowest BCUT2D eigenvalue weighted by Gasteiger charge is -2.28. The van der Waals surface area contributed by atoms with Crippen LogP contribution in [0, 0.1) is 0 Å². The first-order valence-electron chi connectivity index (χ1n) is 11.6. The molecule has 1 N–H and O–H groups in total. The van der Waals surface area contributed by atoms with E-state index >= 15 is 0 Å². The Bertz CT molecular complexity index is 814. The molecule has 0 aliphatic carbocycles. The summed E-state index contributed by atoms with van der Waals surface area (Å²) < 4.78 is 24.5. The summed E-state index contributed by atoms with van der Waals surface area (Å²) in [6.07, 6.45) is 6.03. The molecule has 0 amide bonds. The predicted molar refractivity (Wildman–Crippen MR) is 135 cm³/mol. The van der Waals surface area contributed by atoms with Gasteiger partial charge < -0.3 is 14.8 Å². The summed E-state index contributed by atoms with van der Waals surface area (Å²) in [6, 6.07) is 5.74. The van der Waals surface area contributed by atoms with E-state index in [1.165, 1.54) is 11.3 Å². The van der Waals surface area contributed by atoms with Crippen molar-refractivity contribution in [2.45, 2.75) is 78.1 Å².